The number of amides is 2. The molecule has 0 atom stereocenters. The molecule has 0 aliphatic carbocycles. The summed E-state index contributed by atoms with van der Waals surface area (Å²) < 4.78 is 7.44. The Hall–Kier alpha value is -2.50. The van der Waals surface area contributed by atoms with Gasteiger partial charge in [-0.3, -0.25) is 0 Å². The van der Waals surface area contributed by atoms with E-state index in [1.165, 1.54) is 0 Å². The molecule has 1 aromatic heterocycles. The van der Waals surface area contributed by atoms with Crippen molar-refractivity contribution in [3.05, 3.63) is 42.5 Å². The number of aromatic nitrogens is 2. The van der Waals surface area contributed by atoms with Gasteiger partial charge in [0.05, 0.1) is 13.2 Å². The number of ether oxygens (including phenoxy) is 1. The number of imidazole rings is 1. The summed E-state index contributed by atoms with van der Waals surface area (Å²) in [5.41, 5.74) is 0.722. The zero-order chi connectivity index (χ0) is 15.8. The molecule has 0 aliphatic rings. The normalized spacial score (nSPS) is 10.3. The van der Waals surface area contributed by atoms with E-state index in [9.17, 15) is 4.79 Å². The number of hydrogen-bond donors (Lipinski definition) is 2. The van der Waals surface area contributed by atoms with Crippen molar-refractivity contribution in [1.29, 1.82) is 0 Å². The van der Waals surface area contributed by atoms with Gasteiger partial charge in [-0.05, 0) is 30.7 Å². The van der Waals surface area contributed by atoms with Gasteiger partial charge in [-0.2, -0.15) is 0 Å². The molecule has 0 spiro atoms. The van der Waals surface area contributed by atoms with E-state index in [0.29, 0.717) is 13.2 Å². The minimum atomic E-state index is -0.261. The second-order valence-electron chi connectivity index (χ2n) is 4.99. The maximum absolute atomic E-state index is 11.8. The summed E-state index contributed by atoms with van der Waals surface area (Å²) in [5, 5.41) is 5.54. The van der Waals surface area contributed by atoms with Crippen LogP contribution in [0.15, 0.2) is 36.7 Å². The Labute approximate surface area is 130 Å². The fraction of sp³-hybridized carbons (Fsp3) is 0.375. The predicted octanol–water partition coefficient (Wildman–Crippen LogP) is 2.92. The first kappa shape index (κ1) is 15.9. The molecule has 0 radical (unpaired) electrons. The number of hydrogen-bond acceptors (Lipinski definition) is 3. The van der Waals surface area contributed by atoms with Crippen molar-refractivity contribution in [1.82, 2.24) is 14.9 Å². The molecule has 22 heavy (non-hydrogen) atoms. The van der Waals surface area contributed by atoms with Crippen LogP contribution < -0.4 is 15.4 Å². The van der Waals surface area contributed by atoms with Gasteiger partial charge in [0, 0.05) is 25.1 Å². The monoisotopic (exact) mass is 302 g/mol. The first-order valence-corrected chi connectivity index (χ1v) is 7.43. The van der Waals surface area contributed by atoms with Crippen LogP contribution in [-0.4, -0.2) is 22.2 Å². The fourth-order valence-electron chi connectivity index (χ4n) is 1.87. The van der Waals surface area contributed by atoms with Crippen LogP contribution in [0.4, 0.5) is 10.5 Å². The Bertz CT molecular complexity index is 592. The molecule has 0 bridgehead atoms. The van der Waals surface area contributed by atoms with Crippen LogP contribution in [0.2, 0.25) is 0 Å². The first-order chi connectivity index (χ1) is 10.7. The second-order valence-corrected chi connectivity index (χ2v) is 4.99. The summed E-state index contributed by atoms with van der Waals surface area (Å²) in [7, 11) is 1.89. The molecule has 2 rings (SSSR count). The fourth-order valence-corrected chi connectivity index (χ4v) is 1.87. The Morgan fingerprint density at radius 3 is 2.73 bits per heavy atom. The lowest BCUT2D eigenvalue weighted by Gasteiger charge is -2.09. The number of anilines is 1. The maximum atomic E-state index is 11.8. The summed E-state index contributed by atoms with van der Waals surface area (Å²) in [6.45, 7) is 3.22. The van der Waals surface area contributed by atoms with E-state index in [1.807, 2.05) is 42.1 Å². The number of aryl methyl sites for hydroxylation is 1. The summed E-state index contributed by atoms with van der Waals surface area (Å²) >= 11 is 0. The molecular weight excluding hydrogens is 280 g/mol. The highest BCUT2D eigenvalue weighted by Crippen LogP contribution is 2.15. The molecule has 0 unspecified atom stereocenters. The number of carbonyl (C=O) groups excluding carboxylic acids is 1. The van der Waals surface area contributed by atoms with E-state index in [4.69, 9.17) is 4.74 Å². The van der Waals surface area contributed by atoms with Crippen LogP contribution >= 0.6 is 0 Å². The first-order valence-electron chi connectivity index (χ1n) is 7.43. The molecule has 1 aromatic carbocycles. The maximum Gasteiger partial charge on any atom is 0.319 e. The lowest BCUT2D eigenvalue weighted by molar-refractivity contribution is 0.251. The minimum absolute atomic E-state index is 0.261. The van der Waals surface area contributed by atoms with Crippen LogP contribution in [0.5, 0.6) is 5.75 Å². The third kappa shape index (κ3) is 4.80. The quantitative estimate of drug-likeness (QED) is 0.773. The third-order valence-electron chi connectivity index (χ3n) is 3.21. The summed E-state index contributed by atoms with van der Waals surface area (Å²) in [6.07, 6.45) is 5.68. The van der Waals surface area contributed by atoms with Crippen LogP contribution in [0.1, 0.15) is 25.6 Å². The lowest BCUT2D eigenvalue weighted by Crippen LogP contribution is -2.29. The molecule has 6 heteroatoms. The zero-order valence-corrected chi connectivity index (χ0v) is 13.0. The van der Waals surface area contributed by atoms with Gasteiger partial charge in [0.2, 0.25) is 0 Å². The minimum Gasteiger partial charge on any atom is -0.494 e. The Kier molecular flexibility index (Phi) is 5.82. The topological polar surface area (TPSA) is 68.2 Å². The van der Waals surface area contributed by atoms with Gasteiger partial charge in [0.1, 0.15) is 11.6 Å². The largest absolute Gasteiger partial charge is 0.494 e. The molecule has 0 saturated heterocycles. The lowest BCUT2D eigenvalue weighted by atomic mass is 10.3. The predicted molar refractivity (Wildman–Crippen MR) is 85.9 cm³/mol. The van der Waals surface area contributed by atoms with Gasteiger partial charge in [0.15, 0.2) is 0 Å². The molecule has 118 valence electrons. The van der Waals surface area contributed by atoms with E-state index < -0.39 is 0 Å². The molecule has 1 heterocycles. The highest BCUT2D eigenvalue weighted by atomic mass is 16.5. The van der Waals surface area contributed by atoms with E-state index in [2.05, 4.69) is 22.5 Å². The Morgan fingerprint density at radius 1 is 1.32 bits per heavy atom. The highest BCUT2D eigenvalue weighted by Gasteiger charge is 2.04. The molecule has 2 amide bonds. The Balaban J connectivity index is 1.77. The molecule has 0 aliphatic heterocycles. The van der Waals surface area contributed by atoms with Crippen molar-refractivity contribution in [2.75, 3.05) is 11.9 Å². The van der Waals surface area contributed by atoms with Gasteiger partial charge in [-0.1, -0.05) is 13.3 Å². The van der Waals surface area contributed by atoms with Gasteiger partial charge in [-0.15, -0.1) is 0 Å². The third-order valence-corrected chi connectivity index (χ3v) is 3.21. The second kappa shape index (κ2) is 8.07. The molecule has 2 N–H and O–H groups in total. The van der Waals surface area contributed by atoms with Gasteiger partial charge in [-0.25, -0.2) is 9.78 Å². The van der Waals surface area contributed by atoms with Gasteiger partial charge >= 0.3 is 6.03 Å². The number of urea groups is 1. The molecule has 6 nitrogen and oxygen atoms in total. The number of carbonyl (C=O) groups is 1. The van der Waals surface area contributed by atoms with Crippen molar-refractivity contribution >= 4 is 11.7 Å². The van der Waals surface area contributed by atoms with Crippen molar-refractivity contribution < 1.29 is 9.53 Å². The number of unbranched alkanes of at least 4 members (excludes halogenated alkanes) is 1. The average Bonchev–Trinajstić information content (AvgIpc) is 2.92. The van der Waals surface area contributed by atoms with Gasteiger partial charge in [0.25, 0.3) is 0 Å². The van der Waals surface area contributed by atoms with E-state index >= 15 is 0 Å². The number of rotatable bonds is 7. The number of benzene rings is 1. The van der Waals surface area contributed by atoms with Crippen molar-refractivity contribution in [3.63, 3.8) is 0 Å². The van der Waals surface area contributed by atoms with Crippen molar-refractivity contribution in [2.45, 2.75) is 26.3 Å². The highest BCUT2D eigenvalue weighted by molar-refractivity contribution is 5.89. The van der Waals surface area contributed by atoms with E-state index in [1.54, 1.807) is 6.20 Å². The average molecular weight is 302 g/mol. The van der Waals surface area contributed by atoms with E-state index in [0.717, 1.165) is 30.1 Å². The van der Waals surface area contributed by atoms with E-state index in [-0.39, 0.29) is 6.03 Å². The van der Waals surface area contributed by atoms with Crippen molar-refractivity contribution in [2.24, 2.45) is 7.05 Å². The zero-order valence-electron chi connectivity index (χ0n) is 13.0. The van der Waals surface area contributed by atoms with Crippen LogP contribution in [0.3, 0.4) is 0 Å². The molecule has 0 fully saturated rings. The SMILES string of the molecule is CCCCOc1ccc(NC(=O)NCc2nccn2C)cc1. The molecule has 0 saturated carbocycles. The van der Waals surface area contributed by atoms with Crippen LogP contribution in [-0.2, 0) is 13.6 Å². The summed E-state index contributed by atoms with van der Waals surface area (Å²) in [6, 6.07) is 7.08. The van der Waals surface area contributed by atoms with Crippen molar-refractivity contribution in [3.8, 4) is 5.75 Å². The summed E-state index contributed by atoms with van der Waals surface area (Å²) in [4.78, 5) is 16.0. The number of nitrogens with zero attached hydrogens (tertiary/aromatic N) is 2. The smallest absolute Gasteiger partial charge is 0.319 e. The molecule has 2 aromatic rings. The standard InChI is InChI=1S/C16H22N4O2/c1-3-4-11-22-14-7-5-13(6-8-14)19-16(21)18-12-15-17-9-10-20(15)2/h5-10H,3-4,11-12H2,1-2H3,(H2,18,19,21). The summed E-state index contributed by atoms with van der Waals surface area (Å²) in [5.74, 6) is 1.61. The van der Waals surface area contributed by atoms with Gasteiger partial charge < -0.3 is 19.9 Å². The van der Waals surface area contributed by atoms with Crippen LogP contribution in [0.25, 0.3) is 0 Å². The Morgan fingerprint density at radius 2 is 2.09 bits per heavy atom. The van der Waals surface area contributed by atoms with Crippen LogP contribution in [0, 0.1) is 0 Å². The molecular formula is C16H22N4O2. The number of nitrogens with one attached hydrogen (secondary N) is 2.